The molecule has 8 heteroatoms. The molecule has 0 fully saturated rings. The topological polar surface area (TPSA) is 67.9 Å². The van der Waals surface area contributed by atoms with E-state index in [9.17, 15) is 8.42 Å². The molecular formula is C22H29ClN2O4S. The molecule has 0 spiro atoms. The summed E-state index contributed by atoms with van der Waals surface area (Å²) in [5.74, 6) is 1.49. The van der Waals surface area contributed by atoms with Crippen molar-refractivity contribution in [2.24, 2.45) is 0 Å². The molecule has 0 unspecified atom stereocenters. The first kappa shape index (κ1) is 22.9. The van der Waals surface area contributed by atoms with Crippen molar-refractivity contribution in [3.8, 4) is 11.5 Å². The lowest BCUT2D eigenvalue weighted by molar-refractivity contribution is 0.250. The summed E-state index contributed by atoms with van der Waals surface area (Å²) < 4.78 is 38.9. The smallest absolute Gasteiger partial charge is 0.240 e. The number of benzene rings is 2. The Bertz CT molecular complexity index is 1020. The monoisotopic (exact) mass is 452 g/mol. The van der Waals surface area contributed by atoms with Crippen LogP contribution in [0.3, 0.4) is 0 Å². The SMILES string of the molecule is COc1cc2c(cc1OC)CN(CCCNS(=O)(=O)c1cc(C)c(Cl)cc1C)CC2. The van der Waals surface area contributed by atoms with E-state index in [2.05, 4.69) is 15.7 Å². The predicted octanol–water partition coefficient (Wildman–Crippen LogP) is 3.70. The van der Waals surface area contributed by atoms with Gasteiger partial charge in [-0.1, -0.05) is 11.6 Å². The van der Waals surface area contributed by atoms with E-state index in [4.69, 9.17) is 21.1 Å². The molecule has 6 nitrogen and oxygen atoms in total. The minimum absolute atomic E-state index is 0.289. The first-order valence-corrected chi connectivity index (χ1v) is 11.8. The molecule has 0 saturated heterocycles. The van der Waals surface area contributed by atoms with Gasteiger partial charge in [-0.2, -0.15) is 0 Å². The van der Waals surface area contributed by atoms with Crippen LogP contribution in [0.25, 0.3) is 0 Å². The van der Waals surface area contributed by atoms with Gasteiger partial charge in [-0.05, 0) is 79.8 Å². The largest absolute Gasteiger partial charge is 0.493 e. The number of halogens is 1. The molecule has 0 bridgehead atoms. The van der Waals surface area contributed by atoms with E-state index < -0.39 is 10.0 Å². The highest BCUT2D eigenvalue weighted by Crippen LogP contribution is 2.33. The van der Waals surface area contributed by atoms with Crippen molar-refractivity contribution in [3.05, 3.63) is 51.5 Å². The summed E-state index contributed by atoms with van der Waals surface area (Å²) in [6, 6.07) is 7.41. The Morgan fingerprint density at radius 2 is 1.70 bits per heavy atom. The fourth-order valence-electron chi connectivity index (χ4n) is 3.76. The van der Waals surface area contributed by atoms with Crippen LogP contribution < -0.4 is 14.2 Å². The van der Waals surface area contributed by atoms with Crippen molar-refractivity contribution in [2.75, 3.05) is 33.9 Å². The van der Waals surface area contributed by atoms with E-state index in [1.54, 1.807) is 40.2 Å². The molecule has 164 valence electrons. The molecular weight excluding hydrogens is 424 g/mol. The second-order valence-corrected chi connectivity index (χ2v) is 9.76. The fourth-order valence-corrected chi connectivity index (χ4v) is 5.36. The average Bonchev–Trinajstić information content (AvgIpc) is 2.72. The molecule has 1 N–H and O–H groups in total. The number of nitrogens with zero attached hydrogens (tertiary/aromatic N) is 1. The Balaban J connectivity index is 1.56. The molecule has 0 atom stereocenters. The van der Waals surface area contributed by atoms with Crippen LogP contribution in [-0.4, -0.2) is 47.2 Å². The summed E-state index contributed by atoms with van der Waals surface area (Å²) in [4.78, 5) is 2.62. The minimum atomic E-state index is -3.56. The molecule has 0 aromatic heterocycles. The zero-order valence-corrected chi connectivity index (χ0v) is 19.5. The number of fused-ring (bicyclic) bond motifs is 1. The van der Waals surface area contributed by atoms with E-state index in [0.717, 1.165) is 49.5 Å². The van der Waals surface area contributed by atoms with Gasteiger partial charge in [0.15, 0.2) is 11.5 Å². The van der Waals surface area contributed by atoms with Crippen molar-refractivity contribution >= 4 is 21.6 Å². The minimum Gasteiger partial charge on any atom is -0.493 e. The highest BCUT2D eigenvalue weighted by molar-refractivity contribution is 7.89. The molecule has 1 heterocycles. The maximum Gasteiger partial charge on any atom is 0.240 e. The van der Waals surface area contributed by atoms with Gasteiger partial charge in [0.25, 0.3) is 0 Å². The second-order valence-electron chi connectivity index (χ2n) is 7.62. The first-order chi connectivity index (χ1) is 14.2. The van der Waals surface area contributed by atoms with Gasteiger partial charge in [-0.25, -0.2) is 13.1 Å². The van der Waals surface area contributed by atoms with Crippen LogP contribution in [0.4, 0.5) is 0 Å². The third kappa shape index (κ3) is 5.09. The molecule has 3 rings (SSSR count). The molecule has 0 saturated carbocycles. The van der Waals surface area contributed by atoms with E-state index >= 15 is 0 Å². The lowest BCUT2D eigenvalue weighted by atomic mass is 9.98. The lowest BCUT2D eigenvalue weighted by Gasteiger charge is -2.29. The molecule has 30 heavy (non-hydrogen) atoms. The van der Waals surface area contributed by atoms with Crippen molar-refractivity contribution in [1.82, 2.24) is 9.62 Å². The molecule has 2 aromatic rings. The number of aryl methyl sites for hydroxylation is 2. The molecule has 0 radical (unpaired) electrons. The van der Waals surface area contributed by atoms with Crippen molar-refractivity contribution in [1.29, 1.82) is 0 Å². The van der Waals surface area contributed by atoms with Crippen LogP contribution in [0, 0.1) is 13.8 Å². The quantitative estimate of drug-likeness (QED) is 0.618. The Hall–Kier alpha value is -1.80. The first-order valence-electron chi connectivity index (χ1n) is 9.97. The average molecular weight is 453 g/mol. The second kappa shape index (κ2) is 9.56. The number of nitrogens with one attached hydrogen (secondary N) is 1. The van der Waals surface area contributed by atoms with Crippen LogP contribution in [0.1, 0.15) is 28.7 Å². The lowest BCUT2D eigenvalue weighted by Crippen LogP contribution is -2.34. The number of hydrogen-bond acceptors (Lipinski definition) is 5. The van der Waals surface area contributed by atoms with E-state index in [1.807, 2.05) is 6.07 Å². The molecule has 2 aromatic carbocycles. The Morgan fingerprint density at radius 1 is 1.03 bits per heavy atom. The Kier molecular flexibility index (Phi) is 7.29. The van der Waals surface area contributed by atoms with Crippen LogP contribution in [-0.2, 0) is 23.0 Å². The molecule has 0 amide bonds. The number of methoxy groups -OCH3 is 2. The zero-order chi connectivity index (χ0) is 21.9. The number of rotatable bonds is 8. The van der Waals surface area contributed by atoms with Gasteiger partial charge >= 0.3 is 0 Å². The summed E-state index contributed by atoms with van der Waals surface area (Å²) >= 11 is 6.09. The number of hydrogen-bond donors (Lipinski definition) is 1. The maximum absolute atomic E-state index is 12.7. The predicted molar refractivity (Wildman–Crippen MR) is 119 cm³/mol. The highest BCUT2D eigenvalue weighted by Gasteiger charge is 2.20. The van der Waals surface area contributed by atoms with Crippen LogP contribution in [0.2, 0.25) is 5.02 Å². The maximum atomic E-state index is 12.7. The van der Waals surface area contributed by atoms with Gasteiger partial charge < -0.3 is 9.47 Å². The summed E-state index contributed by atoms with van der Waals surface area (Å²) in [6.45, 7) is 6.52. The normalized spacial score (nSPS) is 14.4. The molecule has 0 aliphatic carbocycles. The van der Waals surface area contributed by atoms with E-state index in [-0.39, 0.29) is 4.90 Å². The van der Waals surface area contributed by atoms with E-state index in [1.165, 1.54) is 11.1 Å². The van der Waals surface area contributed by atoms with Gasteiger partial charge in [0.1, 0.15) is 0 Å². The van der Waals surface area contributed by atoms with Crippen molar-refractivity contribution in [3.63, 3.8) is 0 Å². The van der Waals surface area contributed by atoms with Crippen LogP contribution >= 0.6 is 11.6 Å². The third-order valence-corrected chi connectivity index (χ3v) is 7.50. The highest BCUT2D eigenvalue weighted by atomic mass is 35.5. The number of ether oxygens (including phenoxy) is 2. The van der Waals surface area contributed by atoms with Crippen molar-refractivity contribution < 1.29 is 17.9 Å². The summed E-state index contributed by atoms with van der Waals surface area (Å²) in [7, 11) is -0.270. The van der Waals surface area contributed by atoms with Crippen LogP contribution in [0.5, 0.6) is 11.5 Å². The van der Waals surface area contributed by atoms with Crippen LogP contribution in [0.15, 0.2) is 29.2 Å². The third-order valence-electron chi connectivity index (χ3n) is 5.49. The summed E-state index contributed by atoms with van der Waals surface area (Å²) in [6.07, 6.45) is 1.66. The van der Waals surface area contributed by atoms with Gasteiger partial charge in [0.2, 0.25) is 10.0 Å². The van der Waals surface area contributed by atoms with Crippen molar-refractivity contribution in [2.45, 2.75) is 38.1 Å². The van der Waals surface area contributed by atoms with Gasteiger partial charge in [0.05, 0.1) is 19.1 Å². The standard InChI is InChI=1S/C22H29ClN2O4S/c1-15-11-22(16(2)10-19(15)23)30(26,27)24-7-5-8-25-9-6-17-12-20(28-3)21(29-4)13-18(17)14-25/h10-13,24H,5-9,14H2,1-4H3. The fraction of sp³-hybridized carbons (Fsp3) is 0.455. The zero-order valence-electron chi connectivity index (χ0n) is 17.9. The molecule has 1 aliphatic rings. The Morgan fingerprint density at radius 3 is 2.37 bits per heavy atom. The summed E-state index contributed by atoms with van der Waals surface area (Å²) in [5, 5.41) is 0.575. The summed E-state index contributed by atoms with van der Waals surface area (Å²) in [5.41, 5.74) is 3.90. The van der Waals surface area contributed by atoms with Gasteiger partial charge in [-0.3, -0.25) is 4.90 Å². The van der Waals surface area contributed by atoms with Gasteiger partial charge in [0, 0.05) is 24.7 Å². The number of sulfonamides is 1. The Labute approximate surface area is 184 Å². The molecule has 1 aliphatic heterocycles. The van der Waals surface area contributed by atoms with Gasteiger partial charge in [-0.15, -0.1) is 0 Å². The van der Waals surface area contributed by atoms with E-state index in [0.29, 0.717) is 17.1 Å².